The maximum Gasteiger partial charge on any atom is 0.104 e. The number of nitriles is 2. The second-order valence-electron chi connectivity index (χ2n) is 23.1. The summed E-state index contributed by atoms with van der Waals surface area (Å²) in [4.78, 5) is 2.72. The quantitative estimate of drug-likeness (QED) is 0.172. The van der Waals surface area contributed by atoms with E-state index in [0.717, 1.165) is 157 Å². The lowest BCUT2D eigenvalue weighted by Crippen LogP contribution is -2.34. The standard InChI is InChI=1S/C78H50N6/c79-45-47-33-35-52(36-34-47)70-77(83-64-31-15-11-27-59(64)73-55-23-7-3-19-50(55)39-43-68(73)83)75(81-62-29-13-9-25-57(62)71-53-21-5-1-17-48(53)37-41-66(71)81)61(46-80)76(82-63-30-14-10-26-58(63)72-54-22-6-2-18-49(54)38-42-67(72)82)78(70)84-65-32-16-12-28-60(65)74-56-24-8-4-20-51(56)40-44-69(74)84/h1-11,13-15,17-27,29-31,33-44,60,65H,12,16,28,32H2. The molecule has 1 aliphatic heterocycles. The molecule has 16 aromatic rings. The van der Waals surface area contributed by atoms with Gasteiger partial charge >= 0.3 is 0 Å². The highest BCUT2D eigenvalue weighted by atomic mass is 15.2. The fourth-order valence-corrected chi connectivity index (χ4v) is 15.7. The van der Waals surface area contributed by atoms with Crippen molar-refractivity contribution in [3.8, 4) is 40.3 Å². The predicted molar refractivity (Wildman–Crippen MR) is 348 cm³/mol. The molecule has 0 saturated heterocycles. The third-order valence-electron chi connectivity index (χ3n) is 19.0. The predicted octanol–water partition coefficient (Wildman–Crippen LogP) is 20.2. The van der Waals surface area contributed by atoms with Gasteiger partial charge in [-0.05, 0) is 122 Å². The second-order valence-corrected chi connectivity index (χ2v) is 23.1. The van der Waals surface area contributed by atoms with E-state index in [1.807, 2.05) is 12.1 Å². The van der Waals surface area contributed by atoms with Crippen LogP contribution in [0.15, 0.2) is 243 Å². The van der Waals surface area contributed by atoms with Crippen LogP contribution in [0.5, 0.6) is 0 Å². The van der Waals surface area contributed by atoms with Crippen molar-refractivity contribution in [1.29, 1.82) is 10.5 Å². The molecule has 1 aliphatic carbocycles. The summed E-state index contributed by atoms with van der Waals surface area (Å²) in [6.07, 6.45) is 4.24. The average Bonchev–Trinajstić information content (AvgIpc) is 1.82. The average molecular weight is 1070 g/mol. The second kappa shape index (κ2) is 17.8. The van der Waals surface area contributed by atoms with Crippen LogP contribution in [0.25, 0.3) is 137 Å². The zero-order valence-corrected chi connectivity index (χ0v) is 45.8. The van der Waals surface area contributed by atoms with E-state index in [1.165, 1.54) is 22.0 Å². The van der Waals surface area contributed by atoms with Crippen molar-refractivity contribution in [2.24, 2.45) is 0 Å². The molecule has 4 heterocycles. The summed E-state index contributed by atoms with van der Waals surface area (Å²) < 4.78 is 7.40. The van der Waals surface area contributed by atoms with Crippen molar-refractivity contribution in [1.82, 2.24) is 13.7 Å². The molecule has 1 fully saturated rings. The van der Waals surface area contributed by atoms with E-state index in [1.54, 1.807) is 0 Å². The molecule has 0 bridgehead atoms. The molecule has 1 saturated carbocycles. The van der Waals surface area contributed by atoms with Crippen LogP contribution in [0.4, 0.5) is 11.4 Å². The minimum absolute atomic E-state index is 0.0521. The van der Waals surface area contributed by atoms with Crippen molar-refractivity contribution in [2.75, 3.05) is 4.90 Å². The van der Waals surface area contributed by atoms with Crippen LogP contribution in [0, 0.1) is 22.7 Å². The Labute approximate surface area is 483 Å². The molecular formula is C78H50N6. The molecule has 392 valence electrons. The van der Waals surface area contributed by atoms with E-state index in [9.17, 15) is 10.5 Å². The van der Waals surface area contributed by atoms with Gasteiger partial charge in [0.2, 0.25) is 0 Å². The van der Waals surface area contributed by atoms with E-state index in [2.05, 4.69) is 261 Å². The summed E-state index contributed by atoms with van der Waals surface area (Å²) >= 11 is 0. The van der Waals surface area contributed by atoms with Gasteiger partial charge in [0, 0.05) is 55.5 Å². The van der Waals surface area contributed by atoms with Gasteiger partial charge in [0.05, 0.1) is 67.5 Å². The number of benzene rings is 13. The Hall–Kier alpha value is -10.9. The van der Waals surface area contributed by atoms with Crippen molar-refractivity contribution >= 4 is 120 Å². The molecule has 18 rings (SSSR count). The SMILES string of the molecule is N#Cc1ccc(-c2c(N3c4ccc5ccccc5c4C4CCCCC43)c(-n3c4ccccc4c4c5ccccc5ccc43)c(C#N)c(-n3c4ccccc4c4c5ccccc5ccc43)c2-n2c3ccccc3c3c4ccccc4ccc32)cc1. The summed E-state index contributed by atoms with van der Waals surface area (Å²) in [7, 11) is 0. The topological polar surface area (TPSA) is 65.6 Å². The first-order valence-corrected chi connectivity index (χ1v) is 29.4. The van der Waals surface area contributed by atoms with E-state index in [0.29, 0.717) is 11.1 Å². The number of rotatable bonds is 5. The molecule has 6 nitrogen and oxygen atoms in total. The lowest BCUT2D eigenvalue weighted by atomic mass is 9.80. The van der Waals surface area contributed by atoms with E-state index < -0.39 is 0 Å². The Morgan fingerprint density at radius 3 is 1.23 bits per heavy atom. The Balaban J connectivity index is 1.16. The van der Waals surface area contributed by atoms with E-state index >= 15 is 0 Å². The van der Waals surface area contributed by atoms with Crippen LogP contribution in [0.1, 0.15) is 48.3 Å². The number of nitrogens with zero attached hydrogens (tertiary/aromatic N) is 6. The molecule has 2 atom stereocenters. The Bertz CT molecular complexity index is 5620. The molecule has 84 heavy (non-hydrogen) atoms. The van der Waals surface area contributed by atoms with Crippen molar-refractivity contribution in [3.05, 3.63) is 259 Å². The zero-order chi connectivity index (χ0) is 55.3. The van der Waals surface area contributed by atoms with Crippen LogP contribution in [-0.4, -0.2) is 19.7 Å². The molecule has 2 unspecified atom stereocenters. The minimum Gasteiger partial charge on any atom is -0.335 e. The third-order valence-corrected chi connectivity index (χ3v) is 19.0. The summed E-state index contributed by atoms with van der Waals surface area (Å²) in [5.41, 5.74) is 15.1. The van der Waals surface area contributed by atoms with Crippen molar-refractivity contribution in [2.45, 2.75) is 37.6 Å². The Kier molecular flexibility index (Phi) is 9.91. The maximum absolute atomic E-state index is 13.2. The van der Waals surface area contributed by atoms with Gasteiger partial charge in [-0.15, -0.1) is 0 Å². The number of aromatic nitrogens is 3. The van der Waals surface area contributed by atoms with Gasteiger partial charge in [-0.1, -0.05) is 201 Å². The van der Waals surface area contributed by atoms with Crippen LogP contribution in [0.3, 0.4) is 0 Å². The van der Waals surface area contributed by atoms with Gasteiger partial charge < -0.3 is 18.6 Å². The Morgan fingerprint density at radius 2 is 0.738 bits per heavy atom. The molecule has 3 aromatic heterocycles. The fourth-order valence-electron chi connectivity index (χ4n) is 15.7. The van der Waals surface area contributed by atoms with Gasteiger partial charge in [-0.25, -0.2) is 0 Å². The lowest BCUT2D eigenvalue weighted by Gasteiger charge is -2.38. The summed E-state index contributed by atoms with van der Waals surface area (Å²) in [6, 6.07) is 93.8. The van der Waals surface area contributed by atoms with Crippen LogP contribution < -0.4 is 4.90 Å². The lowest BCUT2D eigenvalue weighted by molar-refractivity contribution is 0.403. The molecule has 0 N–H and O–H groups in total. The number of hydrogen-bond donors (Lipinski definition) is 0. The molecular weight excluding hydrogens is 1020 g/mol. The molecule has 2 aliphatic rings. The van der Waals surface area contributed by atoms with Gasteiger partial charge in [0.15, 0.2) is 0 Å². The van der Waals surface area contributed by atoms with Crippen LogP contribution >= 0.6 is 0 Å². The molecule has 0 amide bonds. The first-order valence-electron chi connectivity index (χ1n) is 29.4. The van der Waals surface area contributed by atoms with Crippen LogP contribution in [-0.2, 0) is 0 Å². The number of fused-ring (bicyclic) bond motifs is 20. The van der Waals surface area contributed by atoms with Gasteiger partial charge in [0.1, 0.15) is 11.6 Å². The minimum atomic E-state index is 0.0521. The molecule has 0 radical (unpaired) electrons. The monoisotopic (exact) mass is 1070 g/mol. The van der Waals surface area contributed by atoms with Gasteiger partial charge in [-0.2, -0.15) is 10.5 Å². The maximum atomic E-state index is 13.2. The molecule has 13 aromatic carbocycles. The number of para-hydroxylation sites is 3. The zero-order valence-electron chi connectivity index (χ0n) is 45.8. The summed E-state index contributed by atoms with van der Waals surface area (Å²) in [5, 5.41) is 40.1. The third kappa shape index (κ3) is 6.32. The smallest absolute Gasteiger partial charge is 0.104 e. The largest absolute Gasteiger partial charge is 0.335 e. The fraction of sp³-hybridized carbons (Fsp3) is 0.0769. The normalized spacial score (nSPS) is 15.1. The highest BCUT2D eigenvalue weighted by Gasteiger charge is 2.46. The van der Waals surface area contributed by atoms with E-state index in [-0.39, 0.29) is 12.0 Å². The molecule has 6 heteroatoms. The summed E-state index contributed by atoms with van der Waals surface area (Å²) in [5.74, 6) is 0.225. The van der Waals surface area contributed by atoms with Gasteiger partial charge in [0.25, 0.3) is 0 Å². The highest BCUT2D eigenvalue weighted by Crippen LogP contribution is 2.60. The van der Waals surface area contributed by atoms with Crippen molar-refractivity contribution < 1.29 is 0 Å². The Morgan fingerprint density at radius 1 is 0.333 bits per heavy atom. The first kappa shape index (κ1) is 46.8. The molecule has 0 spiro atoms. The van der Waals surface area contributed by atoms with Crippen LogP contribution in [0.2, 0.25) is 0 Å². The van der Waals surface area contributed by atoms with E-state index in [4.69, 9.17) is 0 Å². The highest BCUT2D eigenvalue weighted by molar-refractivity contribution is 6.26. The summed E-state index contributed by atoms with van der Waals surface area (Å²) in [6.45, 7) is 0. The first-order chi connectivity index (χ1) is 41.7. The number of hydrogen-bond acceptors (Lipinski definition) is 3. The number of anilines is 2. The van der Waals surface area contributed by atoms with Gasteiger partial charge in [-0.3, -0.25) is 0 Å². The van der Waals surface area contributed by atoms with Crippen molar-refractivity contribution in [3.63, 3.8) is 0 Å².